The monoisotopic (exact) mass is 288 g/mol. The minimum absolute atomic E-state index is 0.476. The maximum Gasteiger partial charge on any atom is 0.0413 e. The number of fused-ring (bicyclic) bond motifs is 1. The van der Waals surface area contributed by atoms with Gasteiger partial charge in [-0.25, -0.2) is 0 Å². The molecule has 2 nitrogen and oxygen atoms in total. The second-order valence-electron chi connectivity index (χ2n) is 6.02. The highest BCUT2D eigenvalue weighted by atomic mass is 32.1. The molecule has 1 aliphatic carbocycles. The summed E-state index contributed by atoms with van der Waals surface area (Å²) < 4.78 is 1.39. The Morgan fingerprint density at radius 1 is 1.35 bits per heavy atom. The first kappa shape index (κ1) is 14.1. The molecule has 2 N–H and O–H groups in total. The van der Waals surface area contributed by atoms with E-state index < -0.39 is 0 Å². The van der Waals surface area contributed by atoms with Gasteiger partial charge in [0.15, 0.2) is 0 Å². The number of thiophene rings is 1. The van der Waals surface area contributed by atoms with Gasteiger partial charge in [0.2, 0.25) is 0 Å². The minimum Gasteiger partial charge on any atom is -0.330 e. The summed E-state index contributed by atoms with van der Waals surface area (Å²) in [7, 11) is 2.27. The number of nitrogens with zero attached hydrogens (tertiary/aromatic N) is 1. The van der Waals surface area contributed by atoms with Gasteiger partial charge < -0.3 is 5.73 Å². The first-order valence-corrected chi connectivity index (χ1v) is 8.43. The first-order chi connectivity index (χ1) is 9.70. The molecule has 0 radical (unpaired) electrons. The van der Waals surface area contributed by atoms with Gasteiger partial charge in [-0.3, -0.25) is 4.90 Å². The van der Waals surface area contributed by atoms with E-state index in [1.54, 1.807) is 0 Å². The Hall–Kier alpha value is -0.900. The number of rotatable bonds is 4. The summed E-state index contributed by atoms with van der Waals surface area (Å²) in [6.07, 6.45) is 3.92. The zero-order valence-corrected chi connectivity index (χ0v) is 13.2. The number of nitrogens with two attached hydrogens (primary N) is 1. The van der Waals surface area contributed by atoms with Crippen LogP contribution in [-0.4, -0.2) is 24.5 Å². The molecule has 3 unspecified atom stereocenters. The van der Waals surface area contributed by atoms with Crippen molar-refractivity contribution in [3.8, 4) is 0 Å². The van der Waals surface area contributed by atoms with Crippen molar-refractivity contribution in [2.24, 2.45) is 11.7 Å². The number of hydrogen-bond acceptors (Lipinski definition) is 3. The molecule has 1 fully saturated rings. The van der Waals surface area contributed by atoms with Gasteiger partial charge in [0.05, 0.1) is 0 Å². The smallest absolute Gasteiger partial charge is 0.0413 e. The van der Waals surface area contributed by atoms with Crippen molar-refractivity contribution in [1.82, 2.24) is 4.90 Å². The molecular weight excluding hydrogens is 264 g/mol. The Morgan fingerprint density at radius 3 is 2.90 bits per heavy atom. The lowest BCUT2D eigenvalue weighted by atomic mass is 10.0. The third-order valence-electron chi connectivity index (χ3n) is 4.91. The fraction of sp³-hybridized carbons (Fsp3) is 0.529. The summed E-state index contributed by atoms with van der Waals surface area (Å²) >= 11 is 1.93. The Kier molecular flexibility index (Phi) is 4.11. The second kappa shape index (κ2) is 5.84. The molecule has 1 aromatic carbocycles. The number of benzene rings is 1. The largest absolute Gasteiger partial charge is 0.330 e. The Morgan fingerprint density at radius 2 is 2.15 bits per heavy atom. The van der Waals surface area contributed by atoms with Crippen LogP contribution in [0.4, 0.5) is 0 Å². The van der Waals surface area contributed by atoms with E-state index in [2.05, 4.69) is 49.2 Å². The van der Waals surface area contributed by atoms with E-state index in [-0.39, 0.29) is 0 Å². The summed E-state index contributed by atoms with van der Waals surface area (Å²) in [4.78, 5) is 4.02. The van der Waals surface area contributed by atoms with Crippen molar-refractivity contribution in [2.45, 2.75) is 38.3 Å². The maximum absolute atomic E-state index is 5.94. The van der Waals surface area contributed by atoms with Crippen molar-refractivity contribution in [3.63, 3.8) is 0 Å². The van der Waals surface area contributed by atoms with Crippen LogP contribution in [0.2, 0.25) is 0 Å². The Balaban J connectivity index is 1.82. The van der Waals surface area contributed by atoms with Gasteiger partial charge in [-0.1, -0.05) is 24.6 Å². The predicted octanol–water partition coefficient (Wildman–Crippen LogP) is 4.02. The summed E-state index contributed by atoms with van der Waals surface area (Å²) in [5, 5.41) is 1.37. The van der Waals surface area contributed by atoms with Crippen molar-refractivity contribution in [3.05, 3.63) is 35.2 Å². The van der Waals surface area contributed by atoms with E-state index in [1.165, 1.54) is 34.2 Å². The normalized spacial score (nSPS) is 24.6. The molecule has 0 bridgehead atoms. The Bertz CT molecular complexity index is 544. The first-order valence-electron chi connectivity index (χ1n) is 7.61. The lowest BCUT2D eigenvalue weighted by Gasteiger charge is -2.33. The van der Waals surface area contributed by atoms with E-state index >= 15 is 0 Å². The standard InChI is InChI=1S/C17H24N2S/c1-12(19(2)15-8-5-7-14(15)11-18)17-10-13-6-3-4-9-16(13)20-17/h3-4,6,9-10,12,14-15H,5,7-8,11,18H2,1-2H3. The maximum atomic E-state index is 5.94. The molecule has 3 rings (SSSR count). The highest BCUT2D eigenvalue weighted by Gasteiger charge is 2.32. The molecule has 1 aliphatic rings. The fourth-order valence-corrected chi connectivity index (χ4v) is 4.69. The molecular formula is C17H24N2S. The van der Waals surface area contributed by atoms with Crippen molar-refractivity contribution < 1.29 is 0 Å². The number of hydrogen-bond donors (Lipinski definition) is 1. The van der Waals surface area contributed by atoms with Crippen molar-refractivity contribution in [2.75, 3.05) is 13.6 Å². The molecule has 3 atom stereocenters. The van der Waals surface area contributed by atoms with Gasteiger partial charge in [-0.05, 0) is 56.8 Å². The fourth-order valence-electron chi connectivity index (χ4n) is 3.52. The van der Waals surface area contributed by atoms with Crippen LogP contribution in [-0.2, 0) is 0 Å². The predicted molar refractivity (Wildman–Crippen MR) is 88.2 cm³/mol. The zero-order chi connectivity index (χ0) is 14.1. The van der Waals surface area contributed by atoms with Crippen molar-refractivity contribution in [1.29, 1.82) is 0 Å². The quantitative estimate of drug-likeness (QED) is 0.920. The topological polar surface area (TPSA) is 29.3 Å². The van der Waals surface area contributed by atoms with Crippen LogP contribution in [0.25, 0.3) is 10.1 Å². The van der Waals surface area contributed by atoms with Crippen molar-refractivity contribution >= 4 is 21.4 Å². The van der Waals surface area contributed by atoms with Gasteiger partial charge in [0, 0.05) is 21.7 Å². The van der Waals surface area contributed by atoms with E-state index in [0.29, 0.717) is 18.0 Å². The highest BCUT2D eigenvalue weighted by Crippen LogP contribution is 2.37. The summed E-state index contributed by atoms with van der Waals surface area (Å²) in [5.41, 5.74) is 5.94. The molecule has 108 valence electrons. The van der Waals surface area contributed by atoms with Gasteiger partial charge in [0.1, 0.15) is 0 Å². The van der Waals surface area contributed by atoms with E-state index in [1.807, 2.05) is 11.3 Å². The molecule has 20 heavy (non-hydrogen) atoms. The van der Waals surface area contributed by atoms with E-state index in [9.17, 15) is 0 Å². The molecule has 0 aliphatic heterocycles. The Labute approximate surface area is 125 Å². The lowest BCUT2D eigenvalue weighted by molar-refractivity contribution is 0.154. The highest BCUT2D eigenvalue weighted by molar-refractivity contribution is 7.19. The molecule has 0 amide bonds. The molecule has 2 aromatic rings. The summed E-state index contributed by atoms with van der Waals surface area (Å²) in [6, 6.07) is 12.2. The van der Waals surface area contributed by atoms with Gasteiger partial charge in [-0.15, -0.1) is 11.3 Å². The van der Waals surface area contributed by atoms with Crippen LogP contribution in [0, 0.1) is 5.92 Å². The molecule has 1 saturated carbocycles. The summed E-state index contributed by atoms with van der Waals surface area (Å²) in [6.45, 7) is 3.16. The molecule has 0 spiro atoms. The molecule has 1 aromatic heterocycles. The molecule has 3 heteroatoms. The third kappa shape index (κ3) is 2.50. The third-order valence-corrected chi connectivity index (χ3v) is 6.20. The lowest BCUT2D eigenvalue weighted by Crippen LogP contribution is -2.38. The second-order valence-corrected chi connectivity index (χ2v) is 7.14. The van der Waals surface area contributed by atoms with Crippen LogP contribution in [0.1, 0.15) is 37.1 Å². The van der Waals surface area contributed by atoms with E-state index in [0.717, 1.165) is 6.54 Å². The van der Waals surface area contributed by atoms with Gasteiger partial charge in [0.25, 0.3) is 0 Å². The van der Waals surface area contributed by atoms with Crippen LogP contribution in [0.5, 0.6) is 0 Å². The SMILES string of the molecule is CC(c1cc2ccccc2s1)N(C)C1CCCC1CN. The van der Waals surface area contributed by atoms with Crippen LogP contribution in [0.3, 0.4) is 0 Å². The van der Waals surface area contributed by atoms with Crippen LogP contribution >= 0.6 is 11.3 Å². The zero-order valence-electron chi connectivity index (χ0n) is 12.4. The van der Waals surface area contributed by atoms with E-state index in [4.69, 9.17) is 5.73 Å². The average molecular weight is 288 g/mol. The molecule has 0 saturated heterocycles. The average Bonchev–Trinajstić information content (AvgIpc) is 3.11. The summed E-state index contributed by atoms with van der Waals surface area (Å²) in [5.74, 6) is 0.678. The van der Waals surface area contributed by atoms with Crippen LogP contribution in [0.15, 0.2) is 30.3 Å². The van der Waals surface area contributed by atoms with Gasteiger partial charge >= 0.3 is 0 Å². The molecule has 1 heterocycles. The minimum atomic E-state index is 0.476. The van der Waals surface area contributed by atoms with Crippen LogP contribution < -0.4 is 5.73 Å². The van der Waals surface area contributed by atoms with Gasteiger partial charge in [-0.2, -0.15) is 0 Å².